The van der Waals surface area contributed by atoms with Crippen LogP contribution < -0.4 is 5.32 Å². The summed E-state index contributed by atoms with van der Waals surface area (Å²) >= 11 is 5.86. The lowest BCUT2D eigenvalue weighted by Gasteiger charge is -2.04. The number of nitrogens with zero attached hydrogens (tertiary/aromatic N) is 3. The van der Waals surface area contributed by atoms with Crippen LogP contribution in [0.3, 0.4) is 0 Å². The Morgan fingerprint density at radius 3 is 2.79 bits per heavy atom. The molecule has 0 saturated heterocycles. The van der Waals surface area contributed by atoms with Crippen molar-refractivity contribution in [3.63, 3.8) is 0 Å². The van der Waals surface area contributed by atoms with Gasteiger partial charge >= 0.3 is 5.82 Å². The summed E-state index contributed by atoms with van der Waals surface area (Å²) in [6.45, 7) is 0. The maximum absolute atomic E-state index is 12.0. The number of nitro groups is 1. The average Bonchev–Trinajstić information content (AvgIpc) is 2.74. The number of carbonyl (C=O) groups is 1. The highest BCUT2D eigenvalue weighted by Crippen LogP contribution is 2.20. The molecule has 2 aromatic rings. The molecule has 0 aliphatic heterocycles. The number of carbonyl (C=O) groups excluding carboxylic acids is 1. The zero-order valence-corrected chi connectivity index (χ0v) is 10.6. The standard InChI is InChI=1S/C11H9ClN4O3/c1-15-8(4-5-9(15)16(18)19)11(17)14-10-7(12)3-2-6-13-10/h2-6H,1H3,(H,13,14,17). The van der Waals surface area contributed by atoms with Crippen molar-refractivity contribution in [1.82, 2.24) is 9.55 Å². The van der Waals surface area contributed by atoms with E-state index < -0.39 is 10.8 Å². The summed E-state index contributed by atoms with van der Waals surface area (Å²) in [5.41, 5.74) is 0.147. The molecule has 0 unspecified atom stereocenters. The average molecular weight is 281 g/mol. The highest BCUT2D eigenvalue weighted by molar-refractivity contribution is 6.33. The fourth-order valence-corrected chi connectivity index (χ4v) is 1.73. The summed E-state index contributed by atoms with van der Waals surface area (Å²) in [4.78, 5) is 26.0. The van der Waals surface area contributed by atoms with Crippen molar-refractivity contribution in [1.29, 1.82) is 0 Å². The van der Waals surface area contributed by atoms with Gasteiger partial charge in [0.25, 0.3) is 5.91 Å². The molecule has 0 aliphatic carbocycles. The van der Waals surface area contributed by atoms with Crippen LogP contribution in [-0.4, -0.2) is 20.4 Å². The van der Waals surface area contributed by atoms with Gasteiger partial charge in [0.1, 0.15) is 0 Å². The Hall–Kier alpha value is -2.41. The third-order valence-electron chi connectivity index (χ3n) is 2.51. The van der Waals surface area contributed by atoms with Gasteiger partial charge in [-0.1, -0.05) is 11.6 Å². The Bertz CT molecular complexity index is 653. The van der Waals surface area contributed by atoms with Gasteiger partial charge in [-0.2, -0.15) is 0 Å². The molecule has 0 aromatic carbocycles. The van der Waals surface area contributed by atoms with E-state index in [0.717, 1.165) is 0 Å². The topological polar surface area (TPSA) is 90.1 Å². The van der Waals surface area contributed by atoms with E-state index in [-0.39, 0.29) is 17.3 Å². The number of aromatic nitrogens is 2. The van der Waals surface area contributed by atoms with Gasteiger partial charge in [-0.25, -0.2) is 9.55 Å². The maximum atomic E-state index is 12.0. The highest BCUT2D eigenvalue weighted by atomic mass is 35.5. The monoisotopic (exact) mass is 280 g/mol. The number of amides is 1. The summed E-state index contributed by atoms with van der Waals surface area (Å²) in [6.07, 6.45) is 1.48. The Kier molecular flexibility index (Phi) is 3.48. The van der Waals surface area contributed by atoms with Crippen LogP contribution in [0.2, 0.25) is 5.02 Å². The zero-order chi connectivity index (χ0) is 14.0. The third-order valence-corrected chi connectivity index (χ3v) is 2.81. The summed E-state index contributed by atoms with van der Waals surface area (Å²) in [5.74, 6) is -0.480. The minimum absolute atomic E-state index is 0.147. The normalized spacial score (nSPS) is 10.2. The molecule has 98 valence electrons. The molecule has 1 N–H and O–H groups in total. The third kappa shape index (κ3) is 2.55. The smallest absolute Gasteiger partial charge is 0.323 e. The summed E-state index contributed by atoms with van der Waals surface area (Å²) in [7, 11) is 1.44. The molecular formula is C11H9ClN4O3. The molecule has 8 heteroatoms. The molecule has 0 radical (unpaired) electrons. The lowest BCUT2D eigenvalue weighted by Crippen LogP contribution is -2.17. The molecule has 1 amide bonds. The first-order valence-corrected chi connectivity index (χ1v) is 5.60. The molecular weight excluding hydrogens is 272 g/mol. The van der Waals surface area contributed by atoms with Gasteiger partial charge in [-0.15, -0.1) is 0 Å². The van der Waals surface area contributed by atoms with Crippen molar-refractivity contribution in [3.05, 3.63) is 51.3 Å². The lowest BCUT2D eigenvalue weighted by atomic mass is 10.4. The molecule has 2 heterocycles. The first-order chi connectivity index (χ1) is 9.00. The van der Waals surface area contributed by atoms with Gasteiger partial charge in [-0.05, 0) is 23.1 Å². The largest absolute Gasteiger partial charge is 0.358 e. The Morgan fingerprint density at radius 1 is 1.47 bits per heavy atom. The molecule has 0 saturated carbocycles. The minimum atomic E-state index is -0.565. The van der Waals surface area contributed by atoms with Crippen LogP contribution >= 0.6 is 11.6 Å². The predicted octanol–water partition coefficient (Wildman–Crippen LogP) is 2.23. The van der Waals surface area contributed by atoms with Crippen LogP contribution in [0, 0.1) is 10.1 Å². The quantitative estimate of drug-likeness (QED) is 0.689. The molecule has 0 spiro atoms. The van der Waals surface area contributed by atoms with E-state index in [1.54, 1.807) is 12.1 Å². The predicted molar refractivity (Wildman–Crippen MR) is 69.3 cm³/mol. The summed E-state index contributed by atoms with van der Waals surface area (Å²) in [5, 5.41) is 13.5. The lowest BCUT2D eigenvalue weighted by molar-refractivity contribution is -0.391. The Morgan fingerprint density at radius 2 is 2.21 bits per heavy atom. The SMILES string of the molecule is Cn1c(C(=O)Nc2ncccc2Cl)ccc1[N+](=O)[O-]. The number of hydrogen-bond acceptors (Lipinski definition) is 4. The second kappa shape index (κ2) is 5.07. The number of anilines is 1. The summed E-state index contributed by atoms with van der Waals surface area (Å²) < 4.78 is 1.19. The Balaban J connectivity index is 2.26. The van der Waals surface area contributed by atoms with Crippen LogP contribution in [0.25, 0.3) is 0 Å². The number of hydrogen-bond donors (Lipinski definition) is 1. The number of nitrogens with one attached hydrogen (secondary N) is 1. The maximum Gasteiger partial charge on any atom is 0.323 e. The fraction of sp³-hybridized carbons (Fsp3) is 0.0909. The second-order valence-electron chi connectivity index (χ2n) is 3.68. The van der Waals surface area contributed by atoms with E-state index in [1.165, 1.54) is 29.9 Å². The van der Waals surface area contributed by atoms with Crippen LogP contribution in [0.1, 0.15) is 10.5 Å². The van der Waals surface area contributed by atoms with Crippen molar-refractivity contribution in [3.8, 4) is 0 Å². The number of rotatable bonds is 3. The van der Waals surface area contributed by atoms with E-state index in [0.29, 0.717) is 5.02 Å². The molecule has 2 rings (SSSR count). The van der Waals surface area contributed by atoms with E-state index in [1.807, 2.05) is 0 Å². The Labute approximate surface area is 113 Å². The van der Waals surface area contributed by atoms with Gasteiger partial charge in [0.05, 0.1) is 12.1 Å². The molecule has 7 nitrogen and oxygen atoms in total. The van der Waals surface area contributed by atoms with Crippen LogP contribution in [0.15, 0.2) is 30.5 Å². The van der Waals surface area contributed by atoms with Crippen molar-refractivity contribution in [2.24, 2.45) is 7.05 Å². The van der Waals surface area contributed by atoms with Crippen LogP contribution in [0.5, 0.6) is 0 Å². The van der Waals surface area contributed by atoms with Crippen LogP contribution in [-0.2, 0) is 7.05 Å². The first kappa shape index (κ1) is 13.0. The van der Waals surface area contributed by atoms with Gasteiger partial charge in [0.15, 0.2) is 11.5 Å². The summed E-state index contributed by atoms with van der Waals surface area (Å²) in [6, 6.07) is 5.84. The molecule has 0 bridgehead atoms. The second-order valence-corrected chi connectivity index (χ2v) is 4.09. The van der Waals surface area contributed by atoms with Crippen molar-refractivity contribution < 1.29 is 9.72 Å². The van der Waals surface area contributed by atoms with E-state index in [9.17, 15) is 14.9 Å². The number of halogens is 1. The molecule has 2 aromatic heterocycles. The molecule has 0 atom stereocenters. The van der Waals surface area contributed by atoms with E-state index in [4.69, 9.17) is 11.6 Å². The van der Waals surface area contributed by atoms with Crippen LogP contribution in [0.4, 0.5) is 11.6 Å². The van der Waals surface area contributed by atoms with Gasteiger partial charge in [0, 0.05) is 12.3 Å². The van der Waals surface area contributed by atoms with Crippen molar-refractivity contribution in [2.75, 3.05) is 5.32 Å². The zero-order valence-electron chi connectivity index (χ0n) is 9.83. The highest BCUT2D eigenvalue weighted by Gasteiger charge is 2.21. The van der Waals surface area contributed by atoms with Crippen molar-refractivity contribution >= 4 is 29.1 Å². The minimum Gasteiger partial charge on any atom is -0.358 e. The first-order valence-electron chi connectivity index (χ1n) is 5.22. The van der Waals surface area contributed by atoms with E-state index in [2.05, 4.69) is 10.3 Å². The number of pyridine rings is 1. The van der Waals surface area contributed by atoms with E-state index >= 15 is 0 Å². The molecule has 19 heavy (non-hydrogen) atoms. The molecule has 0 aliphatic rings. The van der Waals surface area contributed by atoms with Crippen molar-refractivity contribution in [2.45, 2.75) is 0 Å². The molecule has 0 fully saturated rings. The van der Waals surface area contributed by atoms with Gasteiger partial charge in [-0.3, -0.25) is 4.79 Å². The van der Waals surface area contributed by atoms with Gasteiger partial charge < -0.3 is 15.4 Å². The van der Waals surface area contributed by atoms with Gasteiger partial charge in [0.2, 0.25) is 0 Å². The fourth-order valence-electron chi connectivity index (χ4n) is 1.56.